The van der Waals surface area contributed by atoms with Gasteiger partial charge in [0.1, 0.15) is 0 Å². The molecule has 1 unspecified atom stereocenters. The number of hydrogen-bond donors (Lipinski definition) is 0. The Bertz CT molecular complexity index is 354. The fourth-order valence-corrected chi connectivity index (χ4v) is 2.11. The molecule has 0 amide bonds. The van der Waals surface area contributed by atoms with Crippen molar-refractivity contribution < 1.29 is 4.74 Å². The third-order valence-corrected chi connectivity index (χ3v) is 3.13. The van der Waals surface area contributed by atoms with E-state index in [2.05, 4.69) is 12.1 Å². The zero-order chi connectivity index (χ0) is 10.2. The predicted octanol–water partition coefficient (Wildman–Crippen LogP) is 2.53. The molecule has 0 radical (unpaired) electrons. The Morgan fingerprint density at radius 1 is 1.29 bits per heavy atom. The fourth-order valence-electron chi connectivity index (χ4n) is 2.11. The van der Waals surface area contributed by atoms with Gasteiger partial charge in [-0.1, -0.05) is 30.3 Å². The molecule has 0 saturated heterocycles. The van der Waals surface area contributed by atoms with Crippen LogP contribution in [0.25, 0.3) is 0 Å². The van der Waals surface area contributed by atoms with Gasteiger partial charge in [0.15, 0.2) is 11.8 Å². The van der Waals surface area contributed by atoms with E-state index in [1.807, 2.05) is 32.0 Å². The van der Waals surface area contributed by atoms with Crippen molar-refractivity contribution in [3.63, 3.8) is 0 Å². The van der Waals surface area contributed by atoms with E-state index >= 15 is 0 Å². The Morgan fingerprint density at radius 2 is 1.93 bits per heavy atom. The molecule has 1 aromatic carbocycles. The monoisotopic (exact) mass is 189 g/mol. The van der Waals surface area contributed by atoms with Gasteiger partial charge < -0.3 is 5.21 Å². The summed E-state index contributed by atoms with van der Waals surface area (Å²) >= 11 is 0. The lowest BCUT2D eigenvalue weighted by atomic mass is 9.83. The van der Waals surface area contributed by atoms with E-state index < -0.39 is 0 Å². The van der Waals surface area contributed by atoms with Crippen molar-refractivity contribution >= 4 is 6.21 Å². The van der Waals surface area contributed by atoms with Crippen LogP contribution in [-0.2, 0) is 0 Å². The number of hydroxylamine groups is 1. The van der Waals surface area contributed by atoms with Crippen LogP contribution in [0, 0.1) is 5.21 Å². The second-order valence-electron chi connectivity index (χ2n) is 4.36. The molecule has 1 aliphatic rings. The second-order valence-corrected chi connectivity index (χ2v) is 4.36. The molecule has 0 aromatic heterocycles. The number of hydrogen-bond acceptors (Lipinski definition) is 1. The van der Waals surface area contributed by atoms with Crippen molar-refractivity contribution in [2.45, 2.75) is 31.7 Å². The van der Waals surface area contributed by atoms with Gasteiger partial charge in [0.2, 0.25) is 0 Å². The van der Waals surface area contributed by atoms with Crippen LogP contribution < -0.4 is 0 Å². The van der Waals surface area contributed by atoms with Crippen LogP contribution in [0.5, 0.6) is 0 Å². The van der Waals surface area contributed by atoms with E-state index in [0.29, 0.717) is 5.92 Å². The van der Waals surface area contributed by atoms with Gasteiger partial charge in [-0.3, -0.25) is 0 Å². The first-order valence-electron chi connectivity index (χ1n) is 4.97. The van der Waals surface area contributed by atoms with Crippen LogP contribution in [-0.4, -0.2) is 16.5 Å². The van der Waals surface area contributed by atoms with Crippen LogP contribution in [0.4, 0.5) is 0 Å². The minimum absolute atomic E-state index is 0.304. The molecular formula is C12H15NO. The largest absolute Gasteiger partial charge is 0.624 e. The van der Waals surface area contributed by atoms with Gasteiger partial charge in [0.25, 0.3) is 0 Å². The summed E-state index contributed by atoms with van der Waals surface area (Å²) in [5.41, 5.74) is 0.952. The summed E-state index contributed by atoms with van der Waals surface area (Å²) in [5.74, 6) is 0.321. The molecule has 0 aliphatic carbocycles. The summed E-state index contributed by atoms with van der Waals surface area (Å²) in [6, 6.07) is 10.3. The molecule has 0 spiro atoms. The standard InChI is InChI=1S/C12H15NO/c1-12(2)11(8-9-13(12)14)10-6-4-3-5-7-10/h3-7,9,11H,8H2,1-2H3. The van der Waals surface area contributed by atoms with Gasteiger partial charge in [0.05, 0.1) is 5.92 Å². The maximum Gasteiger partial charge on any atom is 0.174 e. The van der Waals surface area contributed by atoms with Crippen LogP contribution in [0.15, 0.2) is 30.3 Å². The summed E-state index contributed by atoms with van der Waals surface area (Å²) in [5, 5.41) is 11.5. The Labute approximate surface area is 84.5 Å². The van der Waals surface area contributed by atoms with Gasteiger partial charge in [-0.15, -0.1) is 0 Å². The van der Waals surface area contributed by atoms with Crippen molar-refractivity contribution in [2.75, 3.05) is 0 Å². The van der Waals surface area contributed by atoms with Crippen molar-refractivity contribution in [1.82, 2.24) is 0 Å². The molecule has 2 heteroatoms. The number of benzene rings is 1. The Hall–Kier alpha value is -1.31. The summed E-state index contributed by atoms with van der Waals surface area (Å²) < 4.78 is 1.09. The van der Waals surface area contributed by atoms with Gasteiger partial charge >= 0.3 is 0 Å². The van der Waals surface area contributed by atoms with Crippen molar-refractivity contribution in [3.05, 3.63) is 41.1 Å². The van der Waals surface area contributed by atoms with Crippen LogP contribution in [0.2, 0.25) is 0 Å². The Morgan fingerprint density at radius 3 is 2.43 bits per heavy atom. The van der Waals surface area contributed by atoms with Gasteiger partial charge in [-0.2, -0.15) is 0 Å². The first-order valence-corrected chi connectivity index (χ1v) is 4.97. The third-order valence-electron chi connectivity index (χ3n) is 3.13. The minimum atomic E-state index is -0.304. The van der Waals surface area contributed by atoms with Gasteiger partial charge in [-0.25, -0.2) is 4.74 Å². The molecule has 2 nitrogen and oxygen atoms in total. The lowest BCUT2D eigenvalue weighted by molar-refractivity contribution is -0.530. The molecule has 1 heterocycles. The van der Waals surface area contributed by atoms with Gasteiger partial charge in [-0.05, 0) is 5.56 Å². The summed E-state index contributed by atoms with van der Waals surface area (Å²) in [6.45, 7) is 4.00. The van der Waals surface area contributed by atoms with E-state index in [0.717, 1.165) is 11.2 Å². The molecule has 1 atom stereocenters. The molecule has 2 rings (SSSR count). The molecule has 1 aromatic rings. The SMILES string of the molecule is CC1(C)C(c2ccccc2)CC=[N+]1[O-]. The summed E-state index contributed by atoms with van der Waals surface area (Å²) in [4.78, 5) is 0. The highest BCUT2D eigenvalue weighted by Crippen LogP contribution is 2.36. The van der Waals surface area contributed by atoms with Crippen molar-refractivity contribution in [3.8, 4) is 0 Å². The van der Waals surface area contributed by atoms with Crippen molar-refractivity contribution in [1.29, 1.82) is 0 Å². The Kier molecular flexibility index (Phi) is 2.06. The normalized spacial score (nSPS) is 24.7. The molecule has 14 heavy (non-hydrogen) atoms. The zero-order valence-electron chi connectivity index (χ0n) is 8.60. The first kappa shape index (κ1) is 9.25. The van der Waals surface area contributed by atoms with E-state index in [-0.39, 0.29) is 5.54 Å². The van der Waals surface area contributed by atoms with E-state index in [4.69, 9.17) is 0 Å². The second kappa shape index (κ2) is 3.12. The smallest absolute Gasteiger partial charge is 0.174 e. The first-order chi connectivity index (χ1) is 6.62. The van der Waals surface area contributed by atoms with E-state index in [1.54, 1.807) is 6.21 Å². The molecular weight excluding hydrogens is 174 g/mol. The number of nitrogens with zero attached hydrogens (tertiary/aromatic N) is 1. The molecule has 74 valence electrons. The topological polar surface area (TPSA) is 26.1 Å². The molecule has 0 saturated carbocycles. The average molecular weight is 189 g/mol. The molecule has 0 bridgehead atoms. The lowest BCUT2D eigenvalue weighted by Gasteiger charge is -2.25. The summed E-state index contributed by atoms with van der Waals surface area (Å²) in [7, 11) is 0. The fraction of sp³-hybridized carbons (Fsp3) is 0.417. The highest BCUT2D eigenvalue weighted by atomic mass is 16.5. The third kappa shape index (κ3) is 1.31. The predicted molar refractivity (Wildman–Crippen MR) is 57.6 cm³/mol. The Balaban J connectivity index is 2.32. The van der Waals surface area contributed by atoms with E-state index in [9.17, 15) is 5.21 Å². The summed E-state index contributed by atoms with van der Waals surface area (Å²) in [6.07, 6.45) is 2.60. The maximum absolute atomic E-state index is 11.5. The average Bonchev–Trinajstić information content (AvgIpc) is 2.44. The van der Waals surface area contributed by atoms with Crippen LogP contribution in [0.1, 0.15) is 31.7 Å². The van der Waals surface area contributed by atoms with Gasteiger partial charge in [0, 0.05) is 20.3 Å². The quantitative estimate of drug-likeness (QED) is 0.492. The lowest BCUT2D eigenvalue weighted by Crippen LogP contribution is -2.33. The zero-order valence-corrected chi connectivity index (χ0v) is 8.60. The highest BCUT2D eigenvalue weighted by molar-refractivity contribution is 5.57. The maximum atomic E-state index is 11.5. The van der Waals surface area contributed by atoms with E-state index in [1.165, 1.54) is 5.56 Å². The molecule has 0 N–H and O–H groups in total. The molecule has 1 aliphatic heterocycles. The molecule has 0 fully saturated rings. The van der Waals surface area contributed by atoms with Crippen LogP contribution >= 0.6 is 0 Å². The van der Waals surface area contributed by atoms with Crippen molar-refractivity contribution in [2.24, 2.45) is 0 Å². The minimum Gasteiger partial charge on any atom is -0.624 e. The highest BCUT2D eigenvalue weighted by Gasteiger charge is 2.42. The van der Waals surface area contributed by atoms with Crippen LogP contribution in [0.3, 0.4) is 0 Å². The number of rotatable bonds is 1.